The Morgan fingerprint density at radius 3 is 1.81 bits per heavy atom. The lowest BCUT2D eigenvalue weighted by Gasteiger charge is -2.11. The van der Waals surface area contributed by atoms with Gasteiger partial charge < -0.3 is 5.11 Å². The van der Waals surface area contributed by atoms with Crippen LogP contribution < -0.4 is 0 Å². The summed E-state index contributed by atoms with van der Waals surface area (Å²) < 4.78 is 14.3. The minimum atomic E-state index is -1.17. The van der Waals surface area contributed by atoms with Crippen LogP contribution in [0.3, 0.4) is 0 Å². The number of unbranched alkanes of at least 4 members (excludes halogenated alkanes) is 12. The van der Waals surface area contributed by atoms with Crippen LogP contribution in [0.1, 0.15) is 119 Å². The molecule has 0 amide bonds. The molecule has 0 spiro atoms. The Hall–Kier alpha value is -1.38. The average Bonchev–Trinajstić information content (AvgIpc) is 2.65. The van der Waals surface area contributed by atoms with Crippen LogP contribution in [0.5, 0.6) is 0 Å². The molecule has 1 aromatic rings. The Kier molecular flexibility index (Phi) is 12.9. The Morgan fingerprint density at radius 2 is 1.31 bits per heavy atom. The van der Waals surface area contributed by atoms with Crippen LogP contribution in [-0.2, 0) is 0 Å². The molecule has 1 unspecified atom stereocenters. The van der Waals surface area contributed by atoms with E-state index in [0.29, 0.717) is 12.0 Å². The molecule has 2 nitrogen and oxygen atoms in total. The summed E-state index contributed by atoms with van der Waals surface area (Å²) in [6.07, 6.45) is 15.7. The molecule has 148 valence electrons. The van der Waals surface area contributed by atoms with E-state index in [9.17, 15) is 9.18 Å². The van der Waals surface area contributed by atoms with Gasteiger partial charge in [-0.05, 0) is 12.5 Å². The van der Waals surface area contributed by atoms with Crippen molar-refractivity contribution in [2.75, 3.05) is 0 Å². The highest BCUT2D eigenvalue weighted by atomic mass is 19.1. The normalized spacial score (nSPS) is 12.2. The molecule has 1 N–H and O–H groups in total. The molecule has 0 aliphatic heterocycles. The second-order valence-electron chi connectivity index (χ2n) is 7.39. The fraction of sp³-hybridized carbons (Fsp3) is 0.696. The van der Waals surface area contributed by atoms with Gasteiger partial charge in [-0.3, -0.25) is 0 Å². The summed E-state index contributed by atoms with van der Waals surface area (Å²) in [7, 11) is 0. The number of aromatic carboxylic acids is 1. The molecule has 26 heavy (non-hydrogen) atoms. The van der Waals surface area contributed by atoms with Gasteiger partial charge in [-0.2, -0.15) is 0 Å². The van der Waals surface area contributed by atoms with Gasteiger partial charge in [0, 0.05) is 5.56 Å². The van der Waals surface area contributed by atoms with Crippen molar-refractivity contribution in [3.63, 3.8) is 0 Å². The number of carboxylic acid groups (broad SMARTS) is 1. The molecule has 1 atom stereocenters. The van der Waals surface area contributed by atoms with E-state index >= 15 is 0 Å². The van der Waals surface area contributed by atoms with Gasteiger partial charge in [-0.25, -0.2) is 9.18 Å². The van der Waals surface area contributed by atoms with Gasteiger partial charge in [0.2, 0.25) is 0 Å². The number of rotatable bonds is 16. The fourth-order valence-corrected chi connectivity index (χ4v) is 3.46. The summed E-state index contributed by atoms with van der Waals surface area (Å²) in [6.45, 7) is 2.25. The monoisotopic (exact) mass is 364 g/mol. The zero-order chi connectivity index (χ0) is 19.0. The average molecular weight is 365 g/mol. The molecule has 1 aromatic carbocycles. The topological polar surface area (TPSA) is 37.3 Å². The first-order valence-corrected chi connectivity index (χ1v) is 10.6. The fourth-order valence-electron chi connectivity index (χ4n) is 3.46. The molecule has 0 aliphatic rings. The molecule has 1 rings (SSSR count). The molecule has 0 saturated heterocycles. The third-order valence-electron chi connectivity index (χ3n) is 5.09. The molecular formula is C23H37FO2. The highest BCUT2D eigenvalue weighted by Gasteiger charge is 2.17. The van der Waals surface area contributed by atoms with E-state index in [2.05, 4.69) is 6.92 Å². The molecule has 0 fully saturated rings. The Labute approximate surface area is 159 Å². The van der Waals surface area contributed by atoms with Gasteiger partial charge >= 0.3 is 5.97 Å². The smallest absolute Gasteiger partial charge is 0.336 e. The molecule has 0 bridgehead atoms. The Morgan fingerprint density at radius 1 is 0.846 bits per heavy atom. The largest absolute Gasteiger partial charge is 0.478 e. The van der Waals surface area contributed by atoms with Crippen LogP contribution >= 0.6 is 0 Å². The first kappa shape index (κ1) is 22.7. The van der Waals surface area contributed by atoms with Gasteiger partial charge in [-0.1, -0.05) is 109 Å². The van der Waals surface area contributed by atoms with Crippen LogP contribution in [0, 0.1) is 0 Å². The summed E-state index contributed by atoms with van der Waals surface area (Å²) in [5.41, 5.74) is 0.411. The molecule has 0 radical (unpaired) electrons. The van der Waals surface area contributed by atoms with Crippen molar-refractivity contribution in [3.05, 3.63) is 35.4 Å². The van der Waals surface area contributed by atoms with Crippen molar-refractivity contribution in [2.45, 2.75) is 103 Å². The van der Waals surface area contributed by atoms with E-state index in [4.69, 9.17) is 5.11 Å². The highest BCUT2D eigenvalue weighted by molar-refractivity contribution is 5.89. The van der Waals surface area contributed by atoms with Crippen molar-refractivity contribution < 1.29 is 14.3 Å². The quantitative estimate of drug-likeness (QED) is 0.303. The number of carbonyl (C=O) groups is 1. The van der Waals surface area contributed by atoms with Crippen LogP contribution in [0.25, 0.3) is 0 Å². The minimum Gasteiger partial charge on any atom is -0.478 e. The number of carboxylic acids is 1. The summed E-state index contributed by atoms with van der Waals surface area (Å²) in [6, 6.07) is 6.42. The predicted molar refractivity (Wildman–Crippen MR) is 108 cm³/mol. The summed E-state index contributed by atoms with van der Waals surface area (Å²) in [5, 5.41) is 9.13. The van der Waals surface area contributed by atoms with Crippen LogP contribution in [0.2, 0.25) is 0 Å². The molecule has 0 aliphatic carbocycles. The maximum absolute atomic E-state index is 14.3. The number of alkyl halides is 1. The van der Waals surface area contributed by atoms with E-state index in [1.165, 1.54) is 70.3 Å². The highest BCUT2D eigenvalue weighted by Crippen LogP contribution is 2.27. The number of hydrogen-bond acceptors (Lipinski definition) is 1. The number of halogens is 1. The number of hydrogen-bond donors (Lipinski definition) is 1. The van der Waals surface area contributed by atoms with Crippen LogP contribution in [0.4, 0.5) is 4.39 Å². The van der Waals surface area contributed by atoms with Gasteiger partial charge in [0.1, 0.15) is 6.17 Å². The van der Waals surface area contributed by atoms with Gasteiger partial charge in [0.15, 0.2) is 0 Å². The SMILES string of the molecule is CCCCCCCCCCCCCCCC(F)c1ccccc1C(=O)O. The van der Waals surface area contributed by atoms with Crippen LogP contribution in [-0.4, -0.2) is 11.1 Å². The van der Waals surface area contributed by atoms with E-state index in [0.717, 1.165) is 19.3 Å². The Balaban J connectivity index is 2.00. The second kappa shape index (κ2) is 14.8. The van der Waals surface area contributed by atoms with Crippen molar-refractivity contribution in [1.29, 1.82) is 0 Å². The molecule has 0 saturated carbocycles. The third kappa shape index (κ3) is 9.94. The zero-order valence-electron chi connectivity index (χ0n) is 16.5. The lowest BCUT2D eigenvalue weighted by atomic mass is 9.98. The molecule has 3 heteroatoms. The zero-order valence-corrected chi connectivity index (χ0v) is 16.5. The van der Waals surface area contributed by atoms with Gasteiger partial charge in [0.25, 0.3) is 0 Å². The van der Waals surface area contributed by atoms with Crippen molar-refractivity contribution in [2.24, 2.45) is 0 Å². The molecular weight excluding hydrogens is 327 g/mol. The maximum atomic E-state index is 14.3. The molecule has 0 heterocycles. The maximum Gasteiger partial charge on any atom is 0.336 e. The summed E-state index contributed by atoms with van der Waals surface area (Å²) in [4.78, 5) is 11.1. The van der Waals surface area contributed by atoms with E-state index < -0.39 is 12.1 Å². The summed E-state index contributed by atoms with van der Waals surface area (Å²) in [5.74, 6) is -1.05. The molecule has 0 aromatic heterocycles. The third-order valence-corrected chi connectivity index (χ3v) is 5.09. The minimum absolute atomic E-state index is 0.0923. The van der Waals surface area contributed by atoms with E-state index in [-0.39, 0.29) is 5.56 Å². The first-order valence-electron chi connectivity index (χ1n) is 10.6. The van der Waals surface area contributed by atoms with Crippen molar-refractivity contribution in [3.8, 4) is 0 Å². The second-order valence-corrected chi connectivity index (χ2v) is 7.39. The summed E-state index contributed by atoms with van der Waals surface area (Å²) >= 11 is 0. The van der Waals surface area contributed by atoms with Crippen LogP contribution in [0.15, 0.2) is 24.3 Å². The lowest BCUT2D eigenvalue weighted by Crippen LogP contribution is -2.04. The van der Waals surface area contributed by atoms with E-state index in [1.54, 1.807) is 18.2 Å². The lowest BCUT2D eigenvalue weighted by molar-refractivity contribution is 0.0693. The van der Waals surface area contributed by atoms with Crippen molar-refractivity contribution in [1.82, 2.24) is 0 Å². The number of benzene rings is 1. The first-order chi connectivity index (χ1) is 12.7. The standard InChI is InChI=1S/C23H37FO2/c1-2-3-4-5-6-7-8-9-10-11-12-13-14-19-22(24)20-17-15-16-18-21(20)23(25)26/h15-18,22H,2-14,19H2,1H3,(H,25,26). The Bertz CT molecular complexity index is 487. The van der Waals surface area contributed by atoms with Crippen molar-refractivity contribution >= 4 is 5.97 Å². The predicted octanol–water partition coefficient (Wildman–Crippen LogP) is 7.88. The van der Waals surface area contributed by atoms with Gasteiger partial charge in [0.05, 0.1) is 5.56 Å². The van der Waals surface area contributed by atoms with E-state index in [1.807, 2.05) is 0 Å². The van der Waals surface area contributed by atoms with Gasteiger partial charge in [-0.15, -0.1) is 0 Å².